The molecule has 3 aromatic rings. The summed E-state index contributed by atoms with van der Waals surface area (Å²) in [6, 6.07) is 5.09. The molecule has 19 heavy (non-hydrogen) atoms. The maximum atomic E-state index is 11.0. The van der Waals surface area contributed by atoms with E-state index in [0.29, 0.717) is 5.65 Å². The van der Waals surface area contributed by atoms with E-state index in [1.165, 1.54) is 10.6 Å². The third kappa shape index (κ3) is 1.75. The van der Waals surface area contributed by atoms with Crippen LogP contribution >= 0.6 is 0 Å². The van der Waals surface area contributed by atoms with Crippen LogP contribution in [0, 0.1) is 0 Å². The maximum Gasteiger partial charge on any atom is 0.356 e. The molecule has 0 aliphatic heterocycles. The SMILES string of the molecule is CCn1nccc1-c1ccnc2cc(C(=O)O)nn12. The summed E-state index contributed by atoms with van der Waals surface area (Å²) in [4.78, 5) is 15.1. The molecule has 3 rings (SSSR count). The van der Waals surface area contributed by atoms with Crippen molar-refractivity contribution in [3.63, 3.8) is 0 Å². The molecule has 0 unspecified atom stereocenters. The van der Waals surface area contributed by atoms with Crippen LogP contribution in [0.3, 0.4) is 0 Å². The van der Waals surface area contributed by atoms with Crippen LogP contribution < -0.4 is 0 Å². The zero-order valence-corrected chi connectivity index (χ0v) is 10.2. The Morgan fingerprint density at radius 3 is 2.84 bits per heavy atom. The van der Waals surface area contributed by atoms with Crippen LogP contribution in [-0.2, 0) is 6.54 Å². The van der Waals surface area contributed by atoms with Gasteiger partial charge in [-0.3, -0.25) is 4.68 Å². The van der Waals surface area contributed by atoms with Gasteiger partial charge in [0.25, 0.3) is 0 Å². The molecule has 96 valence electrons. The van der Waals surface area contributed by atoms with Crippen LogP contribution in [-0.4, -0.2) is 35.5 Å². The van der Waals surface area contributed by atoms with Crippen molar-refractivity contribution in [1.82, 2.24) is 24.4 Å². The van der Waals surface area contributed by atoms with Gasteiger partial charge in [0.2, 0.25) is 0 Å². The molecule has 7 heteroatoms. The fourth-order valence-electron chi connectivity index (χ4n) is 2.00. The summed E-state index contributed by atoms with van der Waals surface area (Å²) in [6.07, 6.45) is 3.33. The van der Waals surface area contributed by atoms with Gasteiger partial charge < -0.3 is 5.11 Å². The fraction of sp³-hybridized carbons (Fsp3) is 0.167. The van der Waals surface area contributed by atoms with Gasteiger partial charge in [-0.2, -0.15) is 10.2 Å². The van der Waals surface area contributed by atoms with Gasteiger partial charge in [-0.05, 0) is 19.1 Å². The molecule has 0 spiro atoms. The van der Waals surface area contributed by atoms with Crippen molar-refractivity contribution < 1.29 is 9.90 Å². The summed E-state index contributed by atoms with van der Waals surface area (Å²) in [5.41, 5.74) is 2.10. The maximum absolute atomic E-state index is 11.0. The lowest BCUT2D eigenvalue weighted by Gasteiger charge is -2.06. The Hall–Kier alpha value is -2.70. The largest absolute Gasteiger partial charge is 0.476 e. The summed E-state index contributed by atoms with van der Waals surface area (Å²) in [6.45, 7) is 2.71. The summed E-state index contributed by atoms with van der Waals surface area (Å²) in [5.74, 6) is -1.07. The molecule has 0 fully saturated rings. The third-order valence-electron chi connectivity index (χ3n) is 2.86. The van der Waals surface area contributed by atoms with E-state index >= 15 is 0 Å². The zero-order valence-electron chi connectivity index (χ0n) is 10.2. The minimum absolute atomic E-state index is 0.0255. The van der Waals surface area contributed by atoms with Gasteiger partial charge in [0.05, 0.1) is 11.4 Å². The van der Waals surface area contributed by atoms with Gasteiger partial charge in [0.1, 0.15) is 0 Å². The lowest BCUT2D eigenvalue weighted by molar-refractivity contribution is 0.0690. The van der Waals surface area contributed by atoms with Crippen molar-refractivity contribution in [2.24, 2.45) is 0 Å². The summed E-state index contributed by atoms with van der Waals surface area (Å²) >= 11 is 0. The first-order valence-electron chi connectivity index (χ1n) is 5.81. The van der Waals surface area contributed by atoms with Crippen LogP contribution in [0.25, 0.3) is 17.0 Å². The fourth-order valence-corrected chi connectivity index (χ4v) is 2.00. The molecule has 0 aromatic carbocycles. The Balaban J connectivity index is 2.26. The third-order valence-corrected chi connectivity index (χ3v) is 2.86. The molecular formula is C12H11N5O2. The highest BCUT2D eigenvalue weighted by molar-refractivity contribution is 5.86. The molecule has 1 N–H and O–H groups in total. The second-order valence-corrected chi connectivity index (χ2v) is 3.97. The van der Waals surface area contributed by atoms with Crippen LogP contribution in [0.15, 0.2) is 30.6 Å². The number of fused-ring (bicyclic) bond motifs is 1. The predicted molar refractivity (Wildman–Crippen MR) is 66.8 cm³/mol. The van der Waals surface area contributed by atoms with Crippen molar-refractivity contribution in [3.05, 3.63) is 36.3 Å². The number of nitrogens with zero attached hydrogens (tertiary/aromatic N) is 5. The molecule has 3 heterocycles. The molecular weight excluding hydrogens is 246 g/mol. The van der Waals surface area contributed by atoms with E-state index in [0.717, 1.165) is 17.9 Å². The summed E-state index contributed by atoms with van der Waals surface area (Å²) < 4.78 is 3.34. The molecule has 0 saturated carbocycles. The Kier molecular flexibility index (Phi) is 2.52. The van der Waals surface area contributed by atoms with E-state index in [2.05, 4.69) is 15.2 Å². The Bertz CT molecular complexity index is 758. The van der Waals surface area contributed by atoms with Crippen molar-refractivity contribution in [1.29, 1.82) is 0 Å². The number of aromatic carboxylic acids is 1. The first-order chi connectivity index (χ1) is 9.20. The minimum atomic E-state index is -1.07. The second-order valence-electron chi connectivity index (χ2n) is 3.97. The lowest BCUT2D eigenvalue weighted by Crippen LogP contribution is -2.04. The predicted octanol–water partition coefficient (Wildman–Crippen LogP) is 1.31. The molecule has 0 saturated heterocycles. The average Bonchev–Trinajstić information content (AvgIpc) is 3.04. The van der Waals surface area contributed by atoms with Crippen LogP contribution in [0.5, 0.6) is 0 Å². The molecule has 0 radical (unpaired) electrons. The van der Waals surface area contributed by atoms with E-state index in [9.17, 15) is 4.79 Å². The molecule has 7 nitrogen and oxygen atoms in total. The number of aryl methyl sites for hydroxylation is 1. The highest BCUT2D eigenvalue weighted by Gasteiger charge is 2.14. The average molecular weight is 257 g/mol. The van der Waals surface area contributed by atoms with Gasteiger partial charge in [-0.25, -0.2) is 14.3 Å². The number of hydrogen-bond donors (Lipinski definition) is 1. The number of rotatable bonds is 3. The normalized spacial score (nSPS) is 11.0. The molecule has 0 amide bonds. The number of aromatic nitrogens is 5. The number of carbonyl (C=O) groups is 1. The Morgan fingerprint density at radius 1 is 1.32 bits per heavy atom. The smallest absolute Gasteiger partial charge is 0.356 e. The van der Waals surface area contributed by atoms with Gasteiger partial charge in [-0.15, -0.1) is 0 Å². The van der Waals surface area contributed by atoms with Crippen LogP contribution in [0.2, 0.25) is 0 Å². The van der Waals surface area contributed by atoms with E-state index in [4.69, 9.17) is 5.11 Å². The van der Waals surface area contributed by atoms with Gasteiger partial charge >= 0.3 is 5.97 Å². The van der Waals surface area contributed by atoms with E-state index in [-0.39, 0.29) is 5.69 Å². The van der Waals surface area contributed by atoms with Crippen molar-refractivity contribution >= 4 is 11.6 Å². The van der Waals surface area contributed by atoms with E-state index in [1.807, 2.05) is 17.7 Å². The van der Waals surface area contributed by atoms with Gasteiger partial charge in [0.15, 0.2) is 11.3 Å². The lowest BCUT2D eigenvalue weighted by atomic mass is 10.3. The van der Waals surface area contributed by atoms with Crippen molar-refractivity contribution in [2.75, 3.05) is 0 Å². The number of carboxylic acids is 1. The highest BCUT2D eigenvalue weighted by atomic mass is 16.4. The van der Waals surface area contributed by atoms with Crippen molar-refractivity contribution in [2.45, 2.75) is 13.5 Å². The Morgan fingerprint density at radius 2 is 2.11 bits per heavy atom. The van der Waals surface area contributed by atoms with Crippen molar-refractivity contribution in [3.8, 4) is 11.4 Å². The second kappa shape index (κ2) is 4.20. The quantitative estimate of drug-likeness (QED) is 0.764. The monoisotopic (exact) mass is 257 g/mol. The van der Waals surface area contributed by atoms with Crippen LogP contribution in [0.4, 0.5) is 0 Å². The van der Waals surface area contributed by atoms with Crippen LogP contribution in [0.1, 0.15) is 17.4 Å². The van der Waals surface area contributed by atoms with E-state index in [1.54, 1.807) is 18.5 Å². The summed E-state index contributed by atoms with van der Waals surface area (Å²) in [7, 11) is 0. The first kappa shape index (κ1) is 11.4. The van der Waals surface area contributed by atoms with E-state index < -0.39 is 5.97 Å². The minimum Gasteiger partial charge on any atom is -0.476 e. The molecule has 0 bridgehead atoms. The Labute approximate surface area is 108 Å². The standard InChI is InChI=1S/C12H11N5O2/c1-2-16-9(4-6-14-16)10-3-5-13-11-7-8(12(18)19)15-17(10)11/h3-7H,2H2,1H3,(H,18,19). The molecule has 0 aliphatic carbocycles. The summed E-state index contributed by atoms with van der Waals surface area (Å²) in [5, 5.41) is 17.2. The first-order valence-corrected chi connectivity index (χ1v) is 5.81. The zero-order chi connectivity index (χ0) is 13.4. The molecule has 0 atom stereocenters. The molecule has 0 aliphatic rings. The molecule has 3 aromatic heterocycles. The van der Waals surface area contributed by atoms with Gasteiger partial charge in [0, 0.05) is 25.0 Å². The number of carboxylic acid groups (broad SMARTS) is 1. The number of hydrogen-bond acceptors (Lipinski definition) is 4. The highest BCUT2D eigenvalue weighted by Crippen LogP contribution is 2.19. The van der Waals surface area contributed by atoms with Gasteiger partial charge in [-0.1, -0.05) is 0 Å². The topological polar surface area (TPSA) is 85.3 Å².